The molecule has 3 nitrogen and oxygen atoms in total. The Hall–Kier alpha value is -1.53. The highest BCUT2D eigenvalue weighted by atomic mass is 14.7. The zero-order valence-electron chi connectivity index (χ0n) is 6.75. The molecule has 0 aromatic carbocycles. The van der Waals surface area contributed by atoms with Gasteiger partial charge in [0.1, 0.15) is 5.69 Å². The summed E-state index contributed by atoms with van der Waals surface area (Å²) in [6.07, 6.45) is 2.29. The molecule has 0 fully saturated rings. The molecule has 12 heavy (non-hydrogen) atoms. The molecule has 0 atom stereocenters. The van der Waals surface area contributed by atoms with Crippen molar-refractivity contribution >= 4 is 5.69 Å². The minimum absolute atomic E-state index is 0.585. The van der Waals surface area contributed by atoms with Crippen LogP contribution in [0.3, 0.4) is 0 Å². The minimum Gasteiger partial charge on any atom is -0.397 e. The molecule has 1 aromatic rings. The number of nitrogens with zero attached hydrogens (tertiary/aromatic N) is 1. The smallest absolute Gasteiger partial charge is 0.113 e. The molecule has 1 rings (SSSR count). The summed E-state index contributed by atoms with van der Waals surface area (Å²) < 4.78 is 0. The summed E-state index contributed by atoms with van der Waals surface area (Å²) >= 11 is 0. The molecule has 3 heteroatoms. The lowest BCUT2D eigenvalue weighted by molar-refractivity contribution is 1.03. The summed E-state index contributed by atoms with van der Waals surface area (Å²) in [4.78, 5) is 4.01. The lowest BCUT2D eigenvalue weighted by Crippen LogP contribution is -1.95. The Morgan fingerprint density at radius 3 is 2.83 bits per heavy atom. The van der Waals surface area contributed by atoms with E-state index in [1.54, 1.807) is 18.3 Å². The maximum Gasteiger partial charge on any atom is 0.113 e. The summed E-state index contributed by atoms with van der Waals surface area (Å²) in [7, 11) is 0. The van der Waals surface area contributed by atoms with Crippen LogP contribution in [0.5, 0.6) is 0 Å². The highest BCUT2D eigenvalue weighted by molar-refractivity contribution is 5.38. The highest BCUT2D eigenvalue weighted by Crippen LogP contribution is 1.98. The lowest BCUT2D eigenvalue weighted by Gasteiger charge is -1.90. The molecule has 0 radical (unpaired) electrons. The average Bonchev–Trinajstić information content (AvgIpc) is 2.09. The molecular weight excluding hydrogens is 150 g/mol. The third-order valence-electron chi connectivity index (χ3n) is 1.27. The van der Waals surface area contributed by atoms with E-state index >= 15 is 0 Å². The molecule has 0 aliphatic rings. The number of nitrogen functional groups attached to an aromatic ring is 1. The summed E-state index contributed by atoms with van der Waals surface area (Å²) in [6, 6.07) is 3.57. The van der Waals surface area contributed by atoms with Crippen molar-refractivity contribution < 1.29 is 0 Å². The van der Waals surface area contributed by atoms with E-state index in [9.17, 15) is 0 Å². The second-order valence-corrected chi connectivity index (χ2v) is 2.32. The van der Waals surface area contributed by atoms with Crippen LogP contribution in [0.2, 0.25) is 0 Å². The van der Waals surface area contributed by atoms with E-state index in [0.717, 1.165) is 5.69 Å². The second-order valence-electron chi connectivity index (χ2n) is 2.32. The summed E-state index contributed by atoms with van der Waals surface area (Å²) in [5.41, 5.74) is 12.1. The van der Waals surface area contributed by atoms with Gasteiger partial charge in [0.15, 0.2) is 0 Å². The molecule has 1 heterocycles. The van der Waals surface area contributed by atoms with Gasteiger partial charge >= 0.3 is 0 Å². The van der Waals surface area contributed by atoms with Crippen molar-refractivity contribution in [1.29, 1.82) is 0 Å². The van der Waals surface area contributed by atoms with Crippen LogP contribution in [0, 0.1) is 11.8 Å². The van der Waals surface area contributed by atoms with Gasteiger partial charge in [0, 0.05) is 13.0 Å². The second kappa shape index (κ2) is 4.37. The SMILES string of the molecule is NCCC#Cc1ccc(N)cn1. The van der Waals surface area contributed by atoms with E-state index < -0.39 is 0 Å². The number of pyridine rings is 1. The monoisotopic (exact) mass is 161 g/mol. The number of nitrogens with two attached hydrogens (primary N) is 2. The van der Waals surface area contributed by atoms with E-state index in [1.807, 2.05) is 0 Å². The van der Waals surface area contributed by atoms with Gasteiger partial charge in [0.25, 0.3) is 0 Å². The molecule has 0 amide bonds. The topological polar surface area (TPSA) is 64.9 Å². The molecule has 0 aliphatic heterocycles. The number of rotatable bonds is 1. The number of hydrogen-bond acceptors (Lipinski definition) is 3. The third-order valence-corrected chi connectivity index (χ3v) is 1.27. The van der Waals surface area contributed by atoms with E-state index in [1.165, 1.54) is 0 Å². The van der Waals surface area contributed by atoms with E-state index in [4.69, 9.17) is 11.5 Å². The van der Waals surface area contributed by atoms with Gasteiger partial charge in [-0.05, 0) is 18.1 Å². The van der Waals surface area contributed by atoms with Crippen LogP contribution >= 0.6 is 0 Å². The highest BCUT2D eigenvalue weighted by Gasteiger charge is 1.86. The fourth-order valence-corrected chi connectivity index (χ4v) is 0.704. The van der Waals surface area contributed by atoms with Crippen LogP contribution < -0.4 is 11.5 Å². The van der Waals surface area contributed by atoms with Crippen molar-refractivity contribution in [3.63, 3.8) is 0 Å². The largest absolute Gasteiger partial charge is 0.397 e. The molecule has 1 aromatic heterocycles. The first kappa shape index (κ1) is 8.57. The molecular formula is C9H11N3. The van der Waals surface area contributed by atoms with Crippen LogP contribution in [0.4, 0.5) is 5.69 Å². The van der Waals surface area contributed by atoms with Crippen LogP contribution in [0.25, 0.3) is 0 Å². The van der Waals surface area contributed by atoms with E-state index in [0.29, 0.717) is 18.7 Å². The van der Waals surface area contributed by atoms with Gasteiger partial charge in [-0.25, -0.2) is 4.98 Å². The van der Waals surface area contributed by atoms with Crippen molar-refractivity contribution in [3.8, 4) is 11.8 Å². The first-order chi connectivity index (χ1) is 5.83. The van der Waals surface area contributed by atoms with Crippen molar-refractivity contribution in [3.05, 3.63) is 24.0 Å². The molecule has 0 aliphatic carbocycles. The normalized spacial score (nSPS) is 8.75. The Morgan fingerprint density at radius 1 is 1.42 bits per heavy atom. The molecule has 0 spiro atoms. The van der Waals surface area contributed by atoms with Crippen LogP contribution in [0.1, 0.15) is 12.1 Å². The predicted molar refractivity (Wildman–Crippen MR) is 49.2 cm³/mol. The zero-order chi connectivity index (χ0) is 8.81. The molecule has 0 unspecified atom stereocenters. The van der Waals surface area contributed by atoms with Crippen LogP contribution in [0.15, 0.2) is 18.3 Å². The van der Waals surface area contributed by atoms with Gasteiger partial charge < -0.3 is 11.5 Å². The van der Waals surface area contributed by atoms with Crippen molar-refractivity contribution in [2.45, 2.75) is 6.42 Å². The first-order valence-corrected chi connectivity index (χ1v) is 3.73. The molecule has 0 saturated carbocycles. The van der Waals surface area contributed by atoms with Crippen molar-refractivity contribution in [2.24, 2.45) is 5.73 Å². The standard InChI is InChI=1S/C9H11N3/c10-6-2-1-3-9-5-4-8(11)7-12-9/h4-5,7H,2,6,10-11H2. The Morgan fingerprint density at radius 2 is 2.25 bits per heavy atom. The quantitative estimate of drug-likeness (QED) is 0.585. The van der Waals surface area contributed by atoms with E-state index in [-0.39, 0.29) is 0 Å². The first-order valence-electron chi connectivity index (χ1n) is 3.73. The van der Waals surface area contributed by atoms with Gasteiger partial charge in [-0.3, -0.25) is 0 Å². The van der Waals surface area contributed by atoms with Gasteiger partial charge in [0.2, 0.25) is 0 Å². The van der Waals surface area contributed by atoms with Gasteiger partial charge in [-0.2, -0.15) is 0 Å². The maximum absolute atomic E-state index is 5.45. The predicted octanol–water partition coefficient (Wildman–Crippen LogP) is 0.364. The van der Waals surface area contributed by atoms with Gasteiger partial charge in [-0.15, -0.1) is 0 Å². The van der Waals surface area contributed by atoms with Crippen molar-refractivity contribution in [1.82, 2.24) is 4.98 Å². The Labute approximate surface area is 71.8 Å². The van der Waals surface area contributed by atoms with Crippen LogP contribution in [-0.2, 0) is 0 Å². The van der Waals surface area contributed by atoms with E-state index in [2.05, 4.69) is 16.8 Å². The lowest BCUT2D eigenvalue weighted by atomic mass is 10.3. The minimum atomic E-state index is 0.585. The number of hydrogen-bond donors (Lipinski definition) is 2. The zero-order valence-corrected chi connectivity index (χ0v) is 6.75. The molecule has 0 saturated heterocycles. The number of aromatic nitrogens is 1. The molecule has 0 bridgehead atoms. The molecule has 4 N–H and O–H groups in total. The Bertz CT molecular complexity index is 292. The van der Waals surface area contributed by atoms with Crippen molar-refractivity contribution in [2.75, 3.05) is 12.3 Å². The summed E-state index contributed by atoms with van der Waals surface area (Å²) in [5, 5.41) is 0. The third kappa shape index (κ3) is 2.60. The Kier molecular flexibility index (Phi) is 3.12. The number of anilines is 1. The maximum atomic E-state index is 5.45. The van der Waals surface area contributed by atoms with Gasteiger partial charge in [-0.1, -0.05) is 5.92 Å². The van der Waals surface area contributed by atoms with Gasteiger partial charge in [0.05, 0.1) is 11.9 Å². The fraction of sp³-hybridized carbons (Fsp3) is 0.222. The van der Waals surface area contributed by atoms with Crippen LogP contribution in [-0.4, -0.2) is 11.5 Å². The molecule has 62 valence electrons. The average molecular weight is 161 g/mol. The summed E-state index contributed by atoms with van der Waals surface area (Å²) in [5.74, 6) is 5.77. The Balaban J connectivity index is 2.66. The summed E-state index contributed by atoms with van der Waals surface area (Å²) in [6.45, 7) is 0.585. The fourth-order valence-electron chi connectivity index (χ4n) is 0.704.